The molecule has 6 nitrogen and oxygen atoms in total. The summed E-state index contributed by atoms with van der Waals surface area (Å²) in [6, 6.07) is 0. The molecule has 0 radical (unpaired) electrons. The summed E-state index contributed by atoms with van der Waals surface area (Å²) >= 11 is 0. The molecule has 0 spiro atoms. The van der Waals surface area contributed by atoms with Crippen molar-refractivity contribution in [2.75, 3.05) is 13.1 Å². The Balaban J connectivity index is 1.93. The van der Waals surface area contributed by atoms with Crippen LogP contribution in [0.3, 0.4) is 0 Å². The predicted molar refractivity (Wildman–Crippen MR) is 58.2 cm³/mol. The summed E-state index contributed by atoms with van der Waals surface area (Å²) in [5.74, 6) is 0.234. The number of likely N-dealkylation sites (tertiary alicyclic amines) is 1. The van der Waals surface area contributed by atoms with Crippen molar-refractivity contribution in [3.8, 4) is 0 Å². The lowest BCUT2D eigenvalue weighted by molar-refractivity contribution is -0.117. The molecule has 0 atom stereocenters. The largest absolute Gasteiger partial charge is 0.446 e. The zero-order valence-electron chi connectivity index (χ0n) is 10.1. The Kier molecular flexibility index (Phi) is 2.61. The number of rotatable bonds is 1. The number of oxazole rings is 1. The molecule has 1 amide bonds. The Labute approximate surface area is 99.2 Å². The van der Waals surface area contributed by atoms with Crippen LogP contribution in [0.1, 0.15) is 26.7 Å². The van der Waals surface area contributed by atoms with Crippen LogP contribution in [0.5, 0.6) is 0 Å². The molecule has 1 aromatic heterocycles. The van der Waals surface area contributed by atoms with Gasteiger partial charge < -0.3 is 19.2 Å². The Morgan fingerprint density at radius 2 is 2.24 bits per heavy atom. The molecule has 0 saturated carbocycles. The van der Waals surface area contributed by atoms with Gasteiger partial charge in [0.15, 0.2) is 5.60 Å². The minimum atomic E-state index is -1.18. The Morgan fingerprint density at radius 1 is 1.59 bits per heavy atom. The van der Waals surface area contributed by atoms with E-state index in [2.05, 4.69) is 4.98 Å². The second-order valence-corrected chi connectivity index (χ2v) is 5.21. The first-order chi connectivity index (χ1) is 7.80. The average Bonchev–Trinajstić information content (AvgIpc) is 2.62. The van der Waals surface area contributed by atoms with E-state index in [1.807, 2.05) is 0 Å². The Hall–Kier alpha value is -1.56. The smallest absolute Gasteiger partial charge is 0.410 e. The standard InChI is InChI=1S/C11H16N2O4/c1-10(2,3)17-9(14)13-6-11(15,7-13)8-12-4-5-16-8/h4-5,15H,6-7H2,1-3H3. The maximum Gasteiger partial charge on any atom is 0.410 e. The lowest BCUT2D eigenvalue weighted by Crippen LogP contribution is -2.62. The van der Waals surface area contributed by atoms with Crippen LogP contribution >= 0.6 is 0 Å². The molecule has 17 heavy (non-hydrogen) atoms. The number of β-amino-alcohol motifs (C(OH)–C–C–N with tert-alkyl or cyclic N) is 1. The normalized spacial score (nSPS) is 18.7. The molecule has 1 aromatic rings. The lowest BCUT2D eigenvalue weighted by atomic mass is 9.95. The average molecular weight is 240 g/mol. The first-order valence-corrected chi connectivity index (χ1v) is 5.40. The number of hydrogen-bond acceptors (Lipinski definition) is 5. The number of aliphatic hydroxyl groups is 1. The van der Waals surface area contributed by atoms with E-state index in [1.54, 1.807) is 20.8 Å². The summed E-state index contributed by atoms with van der Waals surface area (Å²) in [4.78, 5) is 16.9. The summed E-state index contributed by atoms with van der Waals surface area (Å²) in [7, 11) is 0. The number of carbonyl (C=O) groups is 1. The predicted octanol–water partition coefficient (Wildman–Crippen LogP) is 1.11. The van der Waals surface area contributed by atoms with Gasteiger partial charge in [0.2, 0.25) is 5.89 Å². The van der Waals surface area contributed by atoms with E-state index in [0.717, 1.165) is 0 Å². The van der Waals surface area contributed by atoms with Crippen LogP contribution < -0.4 is 0 Å². The first-order valence-electron chi connectivity index (χ1n) is 5.40. The van der Waals surface area contributed by atoms with Gasteiger partial charge in [-0.15, -0.1) is 0 Å². The highest BCUT2D eigenvalue weighted by molar-refractivity contribution is 5.69. The van der Waals surface area contributed by atoms with E-state index in [4.69, 9.17) is 9.15 Å². The SMILES string of the molecule is CC(C)(C)OC(=O)N1CC(O)(c2ncco2)C1. The summed E-state index contributed by atoms with van der Waals surface area (Å²) in [5, 5.41) is 10.1. The van der Waals surface area contributed by atoms with Crippen molar-refractivity contribution < 1.29 is 19.1 Å². The molecule has 1 fully saturated rings. The summed E-state index contributed by atoms with van der Waals surface area (Å²) in [6.07, 6.45) is 2.42. The third kappa shape index (κ3) is 2.41. The molecule has 1 N–H and O–H groups in total. The number of amides is 1. The summed E-state index contributed by atoms with van der Waals surface area (Å²) in [5.41, 5.74) is -1.71. The topological polar surface area (TPSA) is 75.8 Å². The molecule has 2 rings (SSSR count). The number of nitrogens with zero attached hydrogens (tertiary/aromatic N) is 2. The van der Waals surface area contributed by atoms with Crippen LogP contribution in [0.4, 0.5) is 4.79 Å². The van der Waals surface area contributed by atoms with E-state index in [1.165, 1.54) is 17.4 Å². The van der Waals surface area contributed by atoms with Crippen molar-refractivity contribution in [2.45, 2.75) is 32.0 Å². The van der Waals surface area contributed by atoms with Crippen molar-refractivity contribution >= 4 is 6.09 Å². The molecule has 1 aliphatic rings. The van der Waals surface area contributed by atoms with E-state index >= 15 is 0 Å². The molecule has 0 bridgehead atoms. The highest BCUT2D eigenvalue weighted by atomic mass is 16.6. The third-order valence-corrected chi connectivity index (χ3v) is 2.39. The van der Waals surface area contributed by atoms with Gasteiger partial charge in [-0.2, -0.15) is 0 Å². The Bertz CT molecular complexity index is 402. The molecule has 94 valence electrons. The van der Waals surface area contributed by atoms with Gasteiger partial charge in [0.1, 0.15) is 11.9 Å². The van der Waals surface area contributed by atoms with Gasteiger partial charge in [-0.1, -0.05) is 0 Å². The van der Waals surface area contributed by atoms with Crippen molar-refractivity contribution in [1.82, 2.24) is 9.88 Å². The summed E-state index contributed by atoms with van der Waals surface area (Å²) in [6.45, 7) is 5.67. The minimum absolute atomic E-state index is 0.141. The fraction of sp³-hybridized carbons (Fsp3) is 0.636. The molecule has 0 unspecified atom stereocenters. The zero-order valence-corrected chi connectivity index (χ0v) is 10.1. The highest BCUT2D eigenvalue weighted by Crippen LogP contribution is 2.31. The number of carbonyl (C=O) groups excluding carboxylic acids is 1. The van der Waals surface area contributed by atoms with E-state index in [9.17, 15) is 9.90 Å². The molecular formula is C11H16N2O4. The van der Waals surface area contributed by atoms with E-state index in [0.29, 0.717) is 0 Å². The first kappa shape index (κ1) is 11.9. The Morgan fingerprint density at radius 3 is 2.71 bits per heavy atom. The van der Waals surface area contributed by atoms with Crippen LogP contribution in [0.15, 0.2) is 16.9 Å². The third-order valence-electron chi connectivity index (χ3n) is 2.39. The van der Waals surface area contributed by atoms with Crippen molar-refractivity contribution in [3.63, 3.8) is 0 Å². The fourth-order valence-corrected chi connectivity index (χ4v) is 1.63. The van der Waals surface area contributed by atoms with E-state index < -0.39 is 17.3 Å². The van der Waals surface area contributed by atoms with Crippen LogP contribution in [0.2, 0.25) is 0 Å². The van der Waals surface area contributed by atoms with Gasteiger partial charge in [-0.05, 0) is 20.8 Å². The maximum atomic E-state index is 11.6. The number of ether oxygens (including phenoxy) is 1. The molecule has 6 heteroatoms. The molecule has 1 saturated heterocycles. The van der Waals surface area contributed by atoms with Gasteiger partial charge in [-0.3, -0.25) is 0 Å². The van der Waals surface area contributed by atoms with Gasteiger partial charge in [0.05, 0.1) is 19.3 Å². The molecule has 1 aliphatic heterocycles. The van der Waals surface area contributed by atoms with Crippen LogP contribution in [-0.4, -0.2) is 39.8 Å². The second kappa shape index (κ2) is 3.73. The lowest BCUT2D eigenvalue weighted by Gasteiger charge is -2.44. The second-order valence-electron chi connectivity index (χ2n) is 5.21. The van der Waals surface area contributed by atoms with Gasteiger partial charge >= 0.3 is 6.09 Å². The molecule has 2 heterocycles. The number of hydrogen-bond donors (Lipinski definition) is 1. The molecule has 0 aliphatic carbocycles. The van der Waals surface area contributed by atoms with Gasteiger partial charge in [0.25, 0.3) is 0 Å². The van der Waals surface area contributed by atoms with Crippen LogP contribution in [0.25, 0.3) is 0 Å². The fourth-order valence-electron chi connectivity index (χ4n) is 1.63. The molecular weight excluding hydrogens is 224 g/mol. The van der Waals surface area contributed by atoms with E-state index in [-0.39, 0.29) is 19.0 Å². The van der Waals surface area contributed by atoms with Crippen LogP contribution in [-0.2, 0) is 10.3 Å². The zero-order chi connectivity index (χ0) is 12.7. The van der Waals surface area contributed by atoms with Crippen molar-refractivity contribution in [3.05, 3.63) is 18.4 Å². The monoisotopic (exact) mass is 240 g/mol. The maximum absolute atomic E-state index is 11.6. The van der Waals surface area contributed by atoms with Crippen molar-refractivity contribution in [2.24, 2.45) is 0 Å². The van der Waals surface area contributed by atoms with Gasteiger partial charge in [-0.25, -0.2) is 9.78 Å². The number of aromatic nitrogens is 1. The minimum Gasteiger partial charge on any atom is -0.446 e. The quantitative estimate of drug-likeness (QED) is 0.795. The highest BCUT2D eigenvalue weighted by Gasteiger charge is 2.49. The van der Waals surface area contributed by atoms with Gasteiger partial charge in [0, 0.05) is 0 Å². The summed E-state index contributed by atoms with van der Waals surface area (Å²) < 4.78 is 10.2. The van der Waals surface area contributed by atoms with Crippen molar-refractivity contribution in [1.29, 1.82) is 0 Å². The van der Waals surface area contributed by atoms with Crippen LogP contribution in [0, 0.1) is 0 Å². The molecule has 0 aromatic carbocycles.